The van der Waals surface area contributed by atoms with Gasteiger partial charge in [-0.1, -0.05) is 12.1 Å². The Hall–Kier alpha value is -2.18. The highest BCUT2D eigenvalue weighted by Gasteiger charge is 2.42. The molecule has 5 nitrogen and oxygen atoms in total. The second kappa shape index (κ2) is 7.21. The van der Waals surface area contributed by atoms with Gasteiger partial charge in [-0.25, -0.2) is 0 Å². The SMILES string of the molecule is O=C1CC(=O)N[C@@](c2ccsc2)(c2cccc(OC3CCOCC3)c2)C1. The molecule has 26 heavy (non-hydrogen) atoms. The Bertz CT molecular complexity index is 780. The van der Waals surface area contributed by atoms with Gasteiger partial charge in [-0.2, -0.15) is 11.3 Å². The quantitative estimate of drug-likeness (QED) is 0.839. The molecule has 0 saturated carbocycles. The standard InChI is InChI=1S/C20H21NO4S/c22-16-11-19(23)21-20(12-16,15-6-9-26-13-15)14-2-1-3-18(10-14)25-17-4-7-24-8-5-17/h1-3,6,9-10,13,17H,4-5,7-8,11-12H2,(H,21,23)/t20-/m1/s1. The average molecular weight is 371 g/mol. The van der Waals surface area contributed by atoms with Crippen molar-refractivity contribution in [3.05, 3.63) is 52.2 Å². The van der Waals surface area contributed by atoms with Crippen molar-refractivity contribution < 1.29 is 19.1 Å². The number of ketones is 1. The Balaban J connectivity index is 1.69. The molecule has 6 heteroatoms. The molecule has 2 aromatic rings. The van der Waals surface area contributed by atoms with Gasteiger partial charge in [-0.15, -0.1) is 0 Å². The van der Waals surface area contributed by atoms with Gasteiger partial charge in [0.2, 0.25) is 5.91 Å². The molecule has 1 aromatic heterocycles. The number of nitrogens with one attached hydrogen (secondary N) is 1. The van der Waals surface area contributed by atoms with E-state index in [9.17, 15) is 9.59 Å². The number of hydrogen-bond acceptors (Lipinski definition) is 5. The molecule has 3 heterocycles. The van der Waals surface area contributed by atoms with Crippen LogP contribution in [0.5, 0.6) is 5.75 Å². The first-order valence-electron chi connectivity index (χ1n) is 8.86. The van der Waals surface area contributed by atoms with Crippen molar-refractivity contribution in [2.24, 2.45) is 0 Å². The first-order chi connectivity index (χ1) is 12.7. The van der Waals surface area contributed by atoms with Crippen LogP contribution in [0.15, 0.2) is 41.1 Å². The van der Waals surface area contributed by atoms with Crippen LogP contribution in [0.4, 0.5) is 0 Å². The van der Waals surface area contributed by atoms with E-state index in [1.165, 1.54) is 0 Å². The molecule has 2 fully saturated rings. The molecule has 2 aliphatic rings. The predicted octanol–water partition coefficient (Wildman–Crippen LogP) is 3.03. The molecule has 2 aliphatic heterocycles. The zero-order valence-corrected chi connectivity index (χ0v) is 15.2. The minimum absolute atomic E-state index is 0.0456. The number of piperidine rings is 1. The zero-order chi connectivity index (χ0) is 18.0. The smallest absolute Gasteiger partial charge is 0.228 e. The third kappa shape index (κ3) is 3.39. The van der Waals surface area contributed by atoms with Crippen molar-refractivity contribution in [2.75, 3.05) is 13.2 Å². The highest BCUT2D eigenvalue weighted by atomic mass is 32.1. The molecular weight excluding hydrogens is 350 g/mol. The second-order valence-electron chi connectivity index (χ2n) is 6.82. The second-order valence-corrected chi connectivity index (χ2v) is 7.60. The fourth-order valence-electron chi connectivity index (χ4n) is 3.71. The van der Waals surface area contributed by atoms with Crippen LogP contribution in [0.25, 0.3) is 0 Å². The first kappa shape index (κ1) is 17.2. The normalized spacial score (nSPS) is 24.3. The van der Waals surface area contributed by atoms with Crippen LogP contribution in [0.3, 0.4) is 0 Å². The summed E-state index contributed by atoms with van der Waals surface area (Å²) in [7, 11) is 0. The van der Waals surface area contributed by atoms with Crippen LogP contribution in [-0.4, -0.2) is 31.0 Å². The molecular formula is C20H21NO4S. The summed E-state index contributed by atoms with van der Waals surface area (Å²) in [5.74, 6) is 0.482. The van der Waals surface area contributed by atoms with E-state index in [4.69, 9.17) is 9.47 Å². The predicted molar refractivity (Wildman–Crippen MR) is 98.4 cm³/mol. The Morgan fingerprint density at radius 2 is 2.00 bits per heavy atom. The maximum atomic E-state index is 12.3. The number of carbonyl (C=O) groups is 2. The number of Topliss-reactive ketones (excluding diaryl/α,β-unsaturated/α-hetero) is 1. The number of carbonyl (C=O) groups excluding carboxylic acids is 2. The van der Waals surface area contributed by atoms with E-state index in [0.29, 0.717) is 13.2 Å². The van der Waals surface area contributed by atoms with Gasteiger partial charge in [0.15, 0.2) is 0 Å². The summed E-state index contributed by atoms with van der Waals surface area (Å²) in [5.41, 5.74) is 0.996. The minimum atomic E-state index is -0.818. The summed E-state index contributed by atoms with van der Waals surface area (Å²) in [6.07, 6.45) is 2.09. The van der Waals surface area contributed by atoms with E-state index in [-0.39, 0.29) is 30.6 Å². The molecule has 136 valence electrons. The van der Waals surface area contributed by atoms with Gasteiger partial charge >= 0.3 is 0 Å². The third-order valence-electron chi connectivity index (χ3n) is 4.98. The first-order valence-corrected chi connectivity index (χ1v) is 9.80. The van der Waals surface area contributed by atoms with E-state index in [0.717, 1.165) is 29.7 Å². The molecule has 0 aliphatic carbocycles. The van der Waals surface area contributed by atoms with Crippen molar-refractivity contribution in [1.82, 2.24) is 5.32 Å². The molecule has 0 bridgehead atoms. The van der Waals surface area contributed by atoms with E-state index in [1.54, 1.807) is 11.3 Å². The van der Waals surface area contributed by atoms with Crippen LogP contribution in [0.2, 0.25) is 0 Å². The van der Waals surface area contributed by atoms with E-state index < -0.39 is 5.54 Å². The third-order valence-corrected chi connectivity index (χ3v) is 5.67. The molecule has 4 rings (SSSR count). The van der Waals surface area contributed by atoms with E-state index in [2.05, 4.69) is 5.32 Å². The fourth-order valence-corrected chi connectivity index (χ4v) is 4.44. The highest BCUT2D eigenvalue weighted by Crippen LogP contribution is 2.38. The Kier molecular flexibility index (Phi) is 4.78. The lowest BCUT2D eigenvalue weighted by atomic mass is 9.77. The van der Waals surface area contributed by atoms with Crippen molar-refractivity contribution in [3.63, 3.8) is 0 Å². The molecule has 1 amide bonds. The van der Waals surface area contributed by atoms with Gasteiger partial charge in [0, 0.05) is 19.3 Å². The summed E-state index contributed by atoms with van der Waals surface area (Å²) in [6.45, 7) is 1.43. The van der Waals surface area contributed by atoms with Gasteiger partial charge < -0.3 is 14.8 Å². The zero-order valence-electron chi connectivity index (χ0n) is 14.4. The van der Waals surface area contributed by atoms with Crippen LogP contribution in [0, 0.1) is 0 Å². The number of amides is 1. The molecule has 1 atom stereocenters. The lowest BCUT2D eigenvalue weighted by molar-refractivity contribution is -0.133. The molecule has 0 spiro atoms. The van der Waals surface area contributed by atoms with Gasteiger partial charge in [-0.05, 0) is 40.1 Å². The summed E-state index contributed by atoms with van der Waals surface area (Å²) in [5, 5.41) is 7.04. The van der Waals surface area contributed by atoms with Crippen molar-refractivity contribution >= 4 is 23.0 Å². The summed E-state index contributed by atoms with van der Waals surface area (Å²) >= 11 is 1.55. The summed E-state index contributed by atoms with van der Waals surface area (Å²) in [6, 6.07) is 9.71. The van der Waals surface area contributed by atoms with Crippen LogP contribution in [0.1, 0.15) is 36.8 Å². The maximum Gasteiger partial charge on any atom is 0.228 e. The van der Waals surface area contributed by atoms with Crippen molar-refractivity contribution in [2.45, 2.75) is 37.3 Å². The topological polar surface area (TPSA) is 64.6 Å². The molecule has 0 unspecified atom stereocenters. The monoisotopic (exact) mass is 371 g/mol. The number of rotatable bonds is 4. The molecule has 1 aromatic carbocycles. The lowest BCUT2D eigenvalue weighted by Crippen LogP contribution is -2.52. The van der Waals surface area contributed by atoms with Gasteiger partial charge in [0.1, 0.15) is 17.6 Å². The van der Waals surface area contributed by atoms with Crippen LogP contribution in [-0.2, 0) is 19.9 Å². The Morgan fingerprint density at radius 3 is 2.73 bits per heavy atom. The van der Waals surface area contributed by atoms with Gasteiger partial charge in [0.05, 0.1) is 25.2 Å². The average Bonchev–Trinajstić information content (AvgIpc) is 3.17. The van der Waals surface area contributed by atoms with Gasteiger partial charge in [0.25, 0.3) is 0 Å². The maximum absolute atomic E-state index is 12.3. The number of ether oxygens (including phenoxy) is 2. The largest absolute Gasteiger partial charge is 0.490 e. The molecule has 2 saturated heterocycles. The van der Waals surface area contributed by atoms with E-state index >= 15 is 0 Å². The van der Waals surface area contributed by atoms with Crippen LogP contribution >= 0.6 is 11.3 Å². The number of hydrogen-bond donors (Lipinski definition) is 1. The summed E-state index contributed by atoms with van der Waals surface area (Å²) in [4.78, 5) is 24.4. The van der Waals surface area contributed by atoms with Gasteiger partial charge in [-0.3, -0.25) is 9.59 Å². The number of benzene rings is 1. The highest BCUT2D eigenvalue weighted by molar-refractivity contribution is 7.08. The lowest BCUT2D eigenvalue weighted by Gasteiger charge is -2.38. The Morgan fingerprint density at radius 1 is 1.15 bits per heavy atom. The number of thiophene rings is 1. The Labute approximate surface area is 156 Å². The minimum Gasteiger partial charge on any atom is -0.490 e. The van der Waals surface area contributed by atoms with Crippen molar-refractivity contribution in [1.29, 1.82) is 0 Å². The molecule has 0 radical (unpaired) electrons. The molecule has 1 N–H and O–H groups in total. The summed E-state index contributed by atoms with van der Waals surface area (Å²) < 4.78 is 11.5. The fraction of sp³-hybridized carbons (Fsp3) is 0.400. The van der Waals surface area contributed by atoms with Crippen molar-refractivity contribution in [3.8, 4) is 5.75 Å². The van der Waals surface area contributed by atoms with Crippen LogP contribution < -0.4 is 10.1 Å². The van der Waals surface area contributed by atoms with E-state index in [1.807, 2.05) is 41.1 Å².